The van der Waals surface area contributed by atoms with Gasteiger partial charge in [-0.3, -0.25) is 10.1 Å². The molecule has 0 aliphatic carbocycles. The molecule has 0 fully saturated rings. The van der Waals surface area contributed by atoms with Crippen molar-refractivity contribution in [2.24, 2.45) is 0 Å². The Kier molecular flexibility index (Phi) is 4.75. The van der Waals surface area contributed by atoms with Crippen LogP contribution in [0.2, 0.25) is 0 Å². The Morgan fingerprint density at radius 3 is 2.38 bits per heavy atom. The molecular weight excluding hydrogens is 368 g/mol. The van der Waals surface area contributed by atoms with Gasteiger partial charge in [0, 0.05) is 23.1 Å². The van der Waals surface area contributed by atoms with Crippen LogP contribution in [0.4, 0.5) is 5.69 Å². The molecule has 6 heteroatoms. The number of ether oxygens (including phenoxy) is 1. The predicted molar refractivity (Wildman–Crippen MR) is 110 cm³/mol. The van der Waals surface area contributed by atoms with E-state index in [-0.39, 0.29) is 11.4 Å². The number of esters is 1. The van der Waals surface area contributed by atoms with Crippen LogP contribution in [0, 0.1) is 17.0 Å². The molecule has 1 aromatic heterocycles. The van der Waals surface area contributed by atoms with Gasteiger partial charge in [-0.05, 0) is 37.3 Å². The second-order valence-corrected chi connectivity index (χ2v) is 6.58. The molecule has 6 nitrogen and oxygen atoms in total. The second-order valence-electron chi connectivity index (χ2n) is 6.58. The zero-order chi connectivity index (χ0) is 20.4. The zero-order valence-electron chi connectivity index (χ0n) is 15.5. The monoisotopic (exact) mass is 384 g/mol. The summed E-state index contributed by atoms with van der Waals surface area (Å²) in [4.78, 5) is 27.9. The normalized spacial score (nSPS) is 10.7. The van der Waals surface area contributed by atoms with Gasteiger partial charge in [-0.25, -0.2) is 9.78 Å². The van der Waals surface area contributed by atoms with E-state index in [2.05, 4.69) is 4.98 Å². The van der Waals surface area contributed by atoms with Crippen LogP contribution in [-0.4, -0.2) is 15.9 Å². The highest BCUT2D eigenvalue weighted by Gasteiger charge is 2.17. The fourth-order valence-electron chi connectivity index (χ4n) is 3.06. The van der Waals surface area contributed by atoms with Crippen LogP contribution >= 0.6 is 0 Å². The Morgan fingerprint density at radius 1 is 0.966 bits per heavy atom. The minimum Gasteiger partial charge on any atom is -0.423 e. The van der Waals surface area contributed by atoms with Gasteiger partial charge in [0.15, 0.2) is 0 Å². The third-order valence-electron chi connectivity index (χ3n) is 4.51. The fourth-order valence-corrected chi connectivity index (χ4v) is 3.06. The highest BCUT2D eigenvalue weighted by Crippen LogP contribution is 2.27. The molecule has 4 aromatic rings. The van der Waals surface area contributed by atoms with E-state index in [0.29, 0.717) is 22.2 Å². The maximum absolute atomic E-state index is 13.0. The van der Waals surface area contributed by atoms with Gasteiger partial charge in [-0.15, -0.1) is 0 Å². The summed E-state index contributed by atoms with van der Waals surface area (Å²) in [6.45, 7) is 1.94. The topological polar surface area (TPSA) is 82.3 Å². The van der Waals surface area contributed by atoms with Crippen LogP contribution in [0.25, 0.3) is 22.2 Å². The number of nitro groups is 1. The maximum atomic E-state index is 13.0. The molecule has 0 saturated heterocycles. The van der Waals surface area contributed by atoms with Crippen LogP contribution < -0.4 is 4.74 Å². The van der Waals surface area contributed by atoms with Crippen molar-refractivity contribution in [2.45, 2.75) is 6.92 Å². The Labute approximate surface area is 166 Å². The molecule has 142 valence electrons. The molecule has 0 radical (unpaired) electrons. The number of non-ortho nitro benzene ring substituents is 1. The quantitative estimate of drug-likeness (QED) is 0.205. The summed E-state index contributed by atoms with van der Waals surface area (Å²) in [7, 11) is 0. The van der Waals surface area contributed by atoms with E-state index in [1.54, 1.807) is 6.07 Å². The minimum absolute atomic E-state index is 0.0684. The number of nitrogens with zero attached hydrogens (tertiary/aromatic N) is 2. The first-order valence-electron chi connectivity index (χ1n) is 8.95. The van der Waals surface area contributed by atoms with E-state index in [9.17, 15) is 14.9 Å². The first kappa shape index (κ1) is 18.3. The Balaban J connectivity index is 1.77. The molecule has 0 atom stereocenters. The molecule has 29 heavy (non-hydrogen) atoms. The van der Waals surface area contributed by atoms with Crippen molar-refractivity contribution in [2.75, 3.05) is 0 Å². The lowest BCUT2D eigenvalue weighted by Crippen LogP contribution is -2.10. The van der Waals surface area contributed by atoms with Crippen LogP contribution in [-0.2, 0) is 0 Å². The smallest absolute Gasteiger partial charge is 0.344 e. The SMILES string of the molecule is Cc1ccc2nc(-c3ccccc3)cc(C(=O)Oc3ccc([N+](=O)[O-])cc3)c2c1. The van der Waals surface area contributed by atoms with Crippen molar-refractivity contribution in [1.82, 2.24) is 4.98 Å². The van der Waals surface area contributed by atoms with E-state index < -0.39 is 10.9 Å². The number of hydrogen-bond acceptors (Lipinski definition) is 5. The molecule has 3 aromatic carbocycles. The van der Waals surface area contributed by atoms with Crippen LogP contribution in [0.1, 0.15) is 15.9 Å². The molecule has 4 rings (SSSR count). The summed E-state index contributed by atoms with van der Waals surface area (Å²) < 4.78 is 5.48. The Morgan fingerprint density at radius 2 is 1.69 bits per heavy atom. The van der Waals surface area contributed by atoms with Crippen molar-refractivity contribution in [1.29, 1.82) is 0 Å². The van der Waals surface area contributed by atoms with Crippen molar-refractivity contribution in [3.05, 3.63) is 100 Å². The molecule has 0 aliphatic rings. The third kappa shape index (κ3) is 3.82. The number of rotatable bonds is 4. The van der Waals surface area contributed by atoms with Gasteiger partial charge >= 0.3 is 5.97 Å². The summed E-state index contributed by atoms with van der Waals surface area (Å²) in [6.07, 6.45) is 0. The molecule has 0 aliphatic heterocycles. The Hall–Kier alpha value is -4.06. The molecule has 0 saturated carbocycles. The average molecular weight is 384 g/mol. The van der Waals surface area contributed by atoms with Gasteiger partial charge in [-0.1, -0.05) is 42.0 Å². The van der Waals surface area contributed by atoms with Gasteiger partial charge in [-0.2, -0.15) is 0 Å². The molecule has 0 amide bonds. The average Bonchev–Trinajstić information content (AvgIpc) is 2.74. The Bertz CT molecular complexity index is 1220. The lowest BCUT2D eigenvalue weighted by Gasteiger charge is -2.11. The van der Waals surface area contributed by atoms with Crippen LogP contribution in [0.15, 0.2) is 78.9 Å². The van der Waals surface area contributed by atoms with E-state index in [4.69, 9.17) is 4.74 Å². The van der Waals surface area contributed by atoms with Crippen molar-refractivity contribution in [3.8, 4) is 17.0 Å². The number of aromatic nitrogens is 1. The molecule has 0 unspecified atom stereocenters. The maximum Gasteiger partial charge on any atom is 0.344 e. The molecule has 0 bridgehead atoms. The number of carbonyl (C=O) groups is 1. The molecule has 1 heterocycles. The van der Waals surface area contributed by atoms with Crippen molar-refractivity contribution in [3.63, 3.8) is 0 Å². The molecule has 0 N–H and O–H groups in total. The van der Waals surface area contributed by atoms with Gasteiger partial charge in [0.05, 0.1) is 21.7 Å². The van der Waals surface area contributed by atoms with Gasteiger partial charge in [0.25, 0.3) is 5.69 Å². The number of carbonyl (C=O) groups excluding carboxylic acids is 1. The number of benzene rings is 3. The largest absolute Gasteiger partial charge is 0.423 e. The number of aryl methyl sites for hydroxylation is 1. The highest BCUT2D eigenvalue weighted by molar-refractivity contribution is 6.05. The van der Waals surface area contributed by atoms with E-state index in [1.165, 1.54) is 24.3 Å². The van der Waals surface area contributed by atoms with Gasteiger partial charge in [0.1, 0.15) is 5.75 Å². The number of hydrogen-bond donors (Lipinski definition) is 0. The zero-order valence-corrected chi connectivity index (χ0v) is 15.5. The van der Waals surface area contributed by atoms with Gasteiger partial charge < -0.3 is 4.74 Å². The van der Waals surface area contributed by atoms with E-state index in [0.717, 1.165) is 11.1 Å². The van der Waals surface area contributed by atoms with Crippen LogP contribution in [0.5, 0.6) is 5.75 Å². The first-order chi connectivity index (χ1) is 14.0. The van der Waals surface area contributed by atoms with Crippen molar-refractivity contribution < 1.29 is 14.5 Å². The molecule has 0 spiro atoms. The van der Waals surface area contributed by atoms with Crippen molar-refractivity contribution >= 4 is 22.6 Å². The lowest BCUT2D eigenvalue weighted by atomic mass is 10.0. The summed E-state index contributed by atoms with van der Waals surface area (Å²) in [5, 5.41) is 11.5. The number of fused-ring (bicyclic) bond motifs is 1. The fraction of sp³-hybridized carbons (Fsp3) is 0.0435. The van der Waals surface area contributed by atoms with E-state index >= 15 is 0 Å². The highest BCUT2D eigenvalue weighted by atomic mass is 16.6. The summed E-state index contributed by atoms with van der Waals surface area (Å²) in [5.41, 5.74) is 3.55. The predicted octanol–water partition coefficient (Wildman–Crippen LogP) is 5.34. The first-order valence-corrected chi connectivity index (χ1v) is 8.95. The summed E-state index contributed by atoms with van der Waals surface area (Å²) in [6, 6.07) is 22.4. The summed E-state index contributed by atoms with van der Waals surface area (Å²) in [5.74, 6) is -0.312. The van der Waals surface area contributed by atoms with E-state index in [1.807, 2.05) is 55.5 Å². The summed E-state index contributed by atoms with van der Waals surface area (Å²) >= 11 is 0. The van der Waals surface area contributed by atoms with Crippen LogP contribution in [0.3, 0.4) is 0 Å². The van der Waals surface area contributed by atoms with Gasteiger partial charge in [0.2, 0.25) is 0 Å². The number of nitro benzene ring substituents is 1. The lowest BCUT2D eigenvalue weighted by molar-refractivity contribution is -0.384. The number of pyridine rings is 1. The third-order valence-corrected chi connectivity index (χ3v) is 4.51. The minimum atomic E-state index is -0.547. The standard InChI is InChI=1S/C23H16N2O4/c1-15-7-12-21-19(13-15)20(14-22(24-21)16-5-3-2-4-6-16)23(26)29-18-10-8-17(9-11-18)25(27)28/h2-14H,1H3. The molecular formula is C23H16N2O4. The second kappa shape index (κ2) is 7.52.